The Morgan fingerprint density at radius 3 is 1.50 bits per heavy atom. The molecule has 302 valence electrons. The van der Waals surface area contributed by atoms with E-state index >= 15 is 0 Å². The van der Waals surface area contributed by atoms with Crippen molar-refractivity contribution in [2.45, 2.75) is 19.3 Å². The topological polar surface area (TPSA) is 43.6 Å². The van der Waals surface area contributed by atoms with Gasteiger partial charge < -0.3 is 4.57 Å². The molecule has 0 fully saturated rings. The zero-order chi connectivity index (χ0) is 42.8. The van der Waals surface area contributed by atoms with Crippen molar-refractivity contribution < 1.29 is 0 Å². The summed E-state index contributed by atoms with van der Waals surface area (Å²) >= 11 is 0. The number of benzene rings is 9. The van der Waals surface area contributed by atoms with Crippen LogP contribution < -0.4 is 0 Å². The summed E-state index contributed by atoms with van der Waals surface area (Å²) < 4.78 is 2.37. The maximum atomic E-state index is 5.36. The normalized spacial score (nSPS) is 12.7. The minimum Gasteiger partial charge on any atom is -0.309 e. The first kappa shape index (κ1) is 37.5. The number of hydrogen-bond donors (Lipinski definition) is 0. The molecule has 9 aromatic carbocycles. The Morgan fingerprint density at radius 1 is 0.328 bits per heavy atom. The molecule has 0 spiro atoms. The third kappa shape index (κ3) is 6.26. The van der Waals surface area contributed by atoms with E-state index in [1.807, 2.05) is 12.1 Å². The monoisotopic (exact) mass is 818 g/mol. The second kappa shape index (κ2) is 15.0. The zero-order valence-corrected chi connectivity index (χ0v) is 35.6. The molecule has 1 aliphatic carbocycles. The highest BCUT2D eigenvalue weighted by atomic mass is 15.0. The minimum absolute atomic E-state index is 0.237. The molecule has 64 heavy (non-hydrogen) atoms. The highest BCUT2D eigenvalue weighted by Gasteiger charge is 2.37. The summed E-state index contributed by atoms with van der Waals surface area (Å²) in [7, 11) is 0. The molecule has 0 saturated heterocycles. The van der Waals surface area contributed by atoms with Gasteiger partial charge in [-0.1, -0.05) is 184 Å². The number of para-hydroxylation sites is 2. The van der Waals surface area contributed by atoms with Gasteiger partial charge in [0, 0.05) is 38.6 Å². The first-order valence-electron chi connectivity index (χ1n) is 21.9. The number of aromatic nitrogens is 4. The van der Waals surface area contributed by atoms with Crippen LogP contribution in [0.1, 0.15) is 25.0 Å². The van der Waals surface area contributed by atoms with Crippen molar-refractivity contribution >= 4 is 21.8 Å². The van der Waals surface area contributed by atoms with Gasteiger partial charge in [-0.3, -0.25) is 0 Å². The van der Waals surface area contributed by atoms with E-state index in [0.717, 1.165) is 44.6 Å². The fraction of sp³-hybridized carbons (Fsp3) is 0.0500. The van der Waals surface area contributed by atoms with E-state index in [4.69, 9.17) is 15.0 Å². The van der Waals surface area contributed by atoms with Crippen LogP contribution in [0.15, 0.2) is 218 Å². The van der Waals surface area contributed by atoms with Crippen molar-refractivity contribution in [1.29, 1.82) is 0 Å². The van der Waals surface area contributed by atoms with Gasteiger partial charge in [0.25, 0.3) is 0 Å². The second-order valence-electron chi connectivity index (χ2n) is 17.2. The molecule has 0 amide bonds. The average Bonchev–Trinajstić information content (AvgIpc) is 3.82. The quantitative estimate of drug-likeness (QED) is 0.161. The SMILES string of the molecule is CC1(C)c2ccc(-c3ccc4c(c3)c3ccccc3n4-c3ccccc3)cc2-c2c(-c3nc(-c4cccc(-c5ccccc5)c4)nc(-c4cccc(-c5ccccc5)c4)n3)cccc21. The van der Waals surface area contributed by atoms with E-state index in [-0.39, 0.29) is 5.41 Å². The fourth-order valence-corrected chi connectivity index (χ4v) is 9.87. The van der Waals surface area contributed by atoms with Crippen LogP contribution >= 0.6 is 0 Å². The lowest BCUT2D eigenvalue weighted by atomic mass is 9.82. The third-order valence-electron chi connectivity index (χ3n) is 13.1. The Morgan fingerprint density at radius 2 is 0.828 bits per heavy atom. The maximum Gasteiger partial charge on any atom is 0.164 e. The summed E-state index contributed by atoms with van der Waals surface area (Å²) in [5.41, 5.74) is 18.0. The van der Waals surface area contributed by atoms with E-state index in [1.54, 1.807) is 0 Å². The van der Waals surface area contributed by atoms with Gasteiger partial charge in [-0.15, -0.1) is 0 Å². The predicted molar refractivity (Wildman–Crippen MR) is 264 cm³/mol. The Bertz CT molecular complexity index is 3470. The first-order chi connectivity index (χ1) is 31.5. The molecule has 11 aromatic rings. The van der Waals surface area contributed by atoms with Gasteiger partial charge in [0.05, 0.1) is 11.0 Å². The van der Waals surface area contributed by atoms with Crippen molar-refractivity contribution in [3.05, 3.63) is 230 Å². The zero-order valence-electron chi connectivity index (χ0n) is 35.6. The fourth-order valence-electron chi connectivity index (χ4n) is 9.87. The van der Waals surface area contributed by atoms with Crippen LogP contribution in [0, 0.1) is 0 Å². The van der Waals surface area contributed by atoms with Crippen LogP contribution in [-0.2, 0) is 5.41 Å². The Kier molecular flexibility index (Phi) is 8.80. The Hall–Kier alpha value is -8.21. The maximum absolute atomic E-state index is 5.36. The van der Waals surface area contributed by atoms with Crippen molar-refractivity contribution in [2.24, 2.45) is 0 Å². The molecule has 0 saturated carbocycles. The van der Waals surface area contributed by atoms with Gasteiger partial charge in [0.15, 0.2) is 17.5 Å². The van der Waals surface area contributed by atoms with E-state index in [1.165, 1.54) is 55.2 Å². The minimum atomic E-state index is -0.237. The smallest absolute Gasteiger partial charge is 0.164 e. The Labute approximate surface area is 372 Å². The molecule has 0 aliphatic heterocycles. The number of nitrogens with zero attached hydrogens (tertiary/aromatic N) is 4. The van der Waals surface area contributed by atoms with Crippen LogP contribution in [0.3, 0.4) is 0 Å². The van der Waals surface area contributed by atoms with Crippen molar-refractivity contribution in [3.8, 4) is 84.4 Å². The summed E-state index contributed by atoms with van der Waals surface area (Å²) in [6.45, 7) is 4.67. The van der Waals surface area contributed by atoms with Gasteiger partial charge in [-0.05, 0) is 104 Å². The van der Waals surface area contributed by atoms with Gasteiger partial charge in [0.1, 0.15) is 0 Å². The van der Waals surface area contributed by atoms with Gasteiger partial charge in [-0.25, -0.2) is 15.0 Å². The lowest BCUT2D eigenvalue weighted by Crippen LogP contribution is -2.14. The molecule has 0 radical (unpaired) electrons. The first-order valence-corrected chi connectivity index (χ1v) is 21.9. The molecular weight excluding hydrogens is 777 g/mol. The number of rotatable bonds is 7. The van der Waals surface area contributed by atoms with Crippen molar-refractivity contribution in [2.75, 3.05) is 0 Å². The van der Waals surface area contributed by atoms with Crippen LogP contribution in [0.25, 0.3) is 106 Å². The molecule has 4 heteroatoms. The summed E-state index contributed by atoms with van der Waals surface area (Å²) in [4.78, 5) is 16.0. The number of fused-ring (bicyclic) bond motifs is 6. The van der Waals surface area contributed by atoms with Gasteiger partial charge in [-0.2, -0.15) is 0 Å². The molecule has 1 aliphatic rings. The predicted octanol–water partition coefficient (Wildman–Crippen LogP) is 15.3. The summed E-state index contributed by atoms with van der Waals surface area (Å²) in [6, 6.07) is 77.9. The molecule has 0 unspecified atom stereocenters. The average molecular weight is 819 g/mol. The summed E-state index contributed by atoms with van der Waals surface area (Å²) in [6.07, 6.45) is 0. The van der Waals surface area contributed by atoms with E-state index < -0.39 is 0 Å². The highest BCUT2D eigenvalue weighted by Crippen LogP contribution is 2.53. The van der Waals surface area contributed by atoms with Crippen molar-refractivity contribution in [1.82, 2.24) is 19.5 Å². The molecule has 2 heterocycles. The Balaban J connectivity index is 1.03. The van der Waals surface area contributed by atoms with E-state index in [0.29, 0.717) is 17.5 Å². The molecule has 0 N–H and O–H groups in total. The lowest BCUT2D eigenvalue weighted by molar-refractivity contribution is 0.660. The van der Waals surface area contributed by atoms with Crippen LogP contribution in [0.5, 0.6) is 0 Å². The standard InChI is InChI=1S/C60H42N4/c1-60(2)52-33-31-43(44-32-34-55-50(37-44)48-27-12-13-30-54(48)64(55)47-25-10-5-11-26-47)38-51(52)56-49(28-16-29-53(56)60)59-62-57(45-23-14-21-41(35-45)39-17-6-3-7-18-39)61-58(63-59)46-24-15-22-42(36-46)40-19-8-4-9-20-40/h3-38H,1-2H3. The highest BCUT2D eigenvalue weighted by molar-refractivity contribution is 6.10. The van der Waals surface area contributed by atoms with Crippen LogP contribution in [0.4, 0.5) is 0 Å². The molecule has 0 atom stereocenters. The van der Waals surface area contributed by atoms with Crippen molar-refractivity contribution in [3.63, 3.8) is 0 Å². The van der Waals surface area contributed by atoms with Gasteiger partial charge in [0.2, 0.25) is 0 Å². The molecule has 2 aromatic heterocycles. The third-order valence-corrected chi connectivity index (χ3v) is 13.1. The molecule has 12 rings (SSSR count). The summed E-state index contributed by atoms with van der Waals surface area (Å²) in [5, 5.41) is 2.47. The van der Waals surface area contributed by atoms with Crippen LogP contribution in [0.2, 0.25) is 0 Å². The van der Waals surface area contributed by atoms with Crippen LogP contribution in [-0.4, -0.2) is 19.5 Å². The van der Waals surface area contributed by atoms with E-state index in [2.05, 4.69) is 225 Å². The van der Waals surface area contributed by atoms with E-state index in [9.17, 15) is 0 Å². The number of hydrogen-bond acceptors (Lipinski definition) is 3. The second-order valence-corrected chi connectivity index (χ2v) is 17.2. The largest absolute Gasteiger partial charge is 0.309 e. The van der Waals surface area contributed by atoms with Gasteiger partial charge >= 0.3 is 0 Å². The lowest BCUT2D eigenvalue weighted by Gasteiger charge is -2.21. The molecular formula is C60H42N4. The molecule has 0 bridgehead atoms. The molecule has 4 nitrogen and oxygen atoms in total. The summed E-state index contributed by atoms with van der Waals surface area (Å²) in [5.74, 6) is 1.92.